The van der Waals surface area contributed by atoms with Gasteiger partial charge in [-0.05, 0) is 13.0 Å². The van der Waals surface area contributed by atoms with Crippen molar-refractivity contribution in [1.82, 2.24) is 10.2 Å². The topological polar surface area (TPSA) is 52.6 Å². The van der Waals surface area contributed by atoms with Crippen molar-refractivity contribution in [3.8, 4) is 0 Å². The van der Waals surface area contributed by atoms with Crippen molar-refractivity contribution >= 4 is 5.91 Å². The van der Waals surface area contributed by atoms with E-state index < -0.39 is 0 Å². The van der Waals surface area contributed by atoms with E-state index in [0.29, 0.717) is 19.6 Å². The number of carbonyl (C=O) groups excluding carboxylic acids is 1. The van der Waals surface area contributed by atoms with Crippen molar-refractivity contribution in [2.75, 3.05) is 32.8 Å². The van der Waals surface area contributed by atoms with Crippen LogP contribution in [0.1, 0.15) is 13.3 Å². The van der Waals surface area contributed by atoms with Crippen LogP contribution in [0.3, 0.4) is 0 Å². The van der Waals surface area contributed by atoms with Gasteiger partial charge in [0.2, 0.25) is 5.91 Å². The number of rotatable bonds is 8. The smallest absolute Gasteiger partial charge is 0.236 e. The number of amides is 1. The molecule has 2 N–H and O–H groups in total. The van der Waals surface area contributed by atoms with Crippen LogP contribution >= 0.6 is 0 Å². The predicted octanol–water partition coefficient (Wildman–Crippen LogP) is -0.00710. The second kappa shape index (κ2) is 8.72. The van der Waals surface area contributed by atoms with E-state index in [0.717, 1.165) is 13.0 Å². The van der Waals surface area contributed by atoms with Gasteiger partial charge in [-0.25, -0.2) is 0 Å². The number of hydrogen-bond acceptors (Lipinski definition) is 3. The van der Waals surface area contributed by atoms with Gasteiger partial charge < -0.3 is 15.3 Å². The largest absolute Gasteiger partial charge is 0.395 e. The first kappa shape index (κ1) is 13.1. The highest BCUT2D eigenvalue weighted by molar-refractivity contribution is 5.78. The van der Waals surface area contributed by atoms with Crippen LogP contribution in [0.2, 0.25) is 0 Å². The monoisotopic (exact) mass is 200 g/mol. The molecule has 4 nitrogen and oxygen atoms in total. The van der Waals surface area contributed by atoms with Gasteiger partial charge in [-0.3, -0.25) is 4.79 Å². The summed E-state index contributed by atoms with van der Waals surface area (Å²) < 4.78 is 0. The molecule has 0 saturated heterocycles. The molecule has 0 aliphatic rings. The Balaban J connectivity index is 3.81. The molecule has 0 saturated carbocycles. The zero-order valence-corrected chi connectivity index (χ0v) is 8.83. The van der Waals surface area contributed by atoms with Crippen LogP contribution in [0, 0.1) is 0 Å². The molecule has 0 radical (unpaired) electrons. The Morgan fingerprint density at radius 2 is 2.36 bits per heavy atom. The summed E-state index contributed by atoms with van der Waals surface area (Å²) in [5.41, 5.74) is 0. The van der Waals surface area contributed by atoms with E-state index in [-0.39, 0.29) is 12.5 Å². The van der Waals surface area contributed by atoms with Gasteiger partial charge >= 0.3 is 0 Å². The molecular weight excluding hydrogens is 180 g/mol. The normalized spacial score (nSPS) is 9.86. The number of hydrogen-bond donors (Lipinski definition) is 2. The highest BCUT2D eigenvalue weighted by atomic mass is 16.3. The molecule has 0 spiro atoms. The van der Waals surface area contributed by atoms with E-state index in [9.17, 15) is 4.79 Å². The molecule has 0 heterocycles. The Labute approximate surface area is 85.6 Å². The highest BCUT2D eigenvalue weighted by Crippen LogP contribution is 1.89. The lowest BCUT2D eigenvalue weighted by molar-refractivity contribution is -0.130. The third-order valence-electron chi connectivity index (χ3n) is 1.78. The molecule has 0 fully saturated rings. The fourth-order valence-electron chi connectivity index (χ4n) is 1.08. The van der Waals surface area contributed by atoms with Gasteiger partial charge in [0.25, 0.3) is 0 Å². The molecule has 0 rings (SSSR count). The van der Waals surface area contributed by atoms with Crippen molar-refractivity contribution in [1.29, 1.82) is 0 Å². The van der Waals surface area contributed by atoms with Crippen molar-refractivity contribution in [2.45, 2.75) is 13.3 Å². The van der Waals surface area contributed by atoms with E-state index in [1.165, 1.54) is 0 Å². The maximum absolute atomic E-state index is 11.5. The average molecular weight is 200 g/mol. The van der Waals surface area contributed by atoms with E-state index in [2.05, 4.69) is 11.9 Å². The zero-order chi connectivity index (χ0) is 10.8. The fraction of sp³-hybridized carbons (Fsp3) is 0.700. The molecule has 0 aromatic rings. The van der Waals surface area contributed by atoms with Crippen LogP contribution in [-0.4, -0.2) is 48.7 Å². The molecule has 14 heavy (non-hydrogen) atoms. The molecule has 0 aliphatic carbocycles. The summed E-state index contributed by atoms with van der Waals surface area (Å²) >= 11 is 0. The van der Waals surface area contributed by atoms with E-state index in [1.807, 2.05) is 6.92 Å². The number of nitrogens with one attached hydrogen (secondary N) is 1. The second-order valence-electron chi connectivity index (χ2n) is 3.03. The lowest BCUT2D eigenvalue weighted by Gasteiger charge is -2.19. The van der Waals surface area contributed by atoms with E-state index in [1.54, 1.807) is 11.0 Å². The summed E-state index contributed by atoms with van der Waals surface area (Å²) in [5, 5.41) is 11.8. The molecule has 0 unspecified atom stereocenters. The van der Waals surface area contributed by atoms with Crippen molar-refractivity contribution < 1.29 is 9.90 Å². The Hall–Kier alpha value is -0.870. The first-order valence-corrected chi connectivity index (χ1v) is 4.96. The molecule has 0 aromatic heterocycles. The van der Waals surface area contributed by atoms with Crippen LogP contribution < -0.4 is 5.32 Å². The predicted molar refractivity (Wildman–Crippen MR) is 57.0 cm³/mol. The quantitative estimate of drug-likeness (QED) is 0.428. The Morgan fingerprint density at radius 3 is 2.86 bits per heavy atom. The highest BCUT2D eigenvalue weighted by Gasteiger charge is 2.09. The minimum absolute atomic E-state index is 0.00659. The summed E-state index contributed by atoms with van der Waals surface area (Å²) in [6.07, 6.45) is 2.67. The Morgan fingerprint density at radius 1 is 1.64 bits per heavy atom. The van der Waals surface area contributed by atoms with Gasteiger partial charge in [0, 0.05) is 13.1 Å². The third-order valence-corrected chi connectivity index (χ3v) is 1.78. The molecular formula is C10H20N2O2. The standard InChI is InChI=1S/C10H20N2O2/c1-3-5-11-9-10(14)12(6-4-2)7-8-13/h4,11,13H,2-3,5-9H2,1H3. The number of aliphatic hydroxyl groups excluding tert-OH is 1. The summed E-state index contributed by atoms with van der Waals surface area (Å²) in [6, 6.07) is 0. The van der Waals surface area contributed by atoms with Crippen LogP contribution in [0.4, 0.5) is 0 Å². The number of carbonyl (C=O) groups is 1. The van der Waals surface area contributed by atoms with Gasteiger partial charge in [-0.2, -0.15) is 0 Å². The molecule has 0 aromatic carbocycles. The van der Waals surface area contributed by atoms with Gasteiger partial charge in [0.05, 0.1) is 13.2 Å². The second-order valence-corrected chi connectivity index (χ2v) is 3.03. The lowest BCUT2D eigenvalue weighted by Crippen LogP contribution is -2.40. The van der Waals surface area contributed by atoms with Gasteiger partial charge in [0.1, 0.15) is 0 Å². The molecule has 0 bridgehead atoms. The minimum Gasteiger partial charge on any atom is -0.395 e. The van der Waals surface area contributed by atoms with Gasteiger partial charge in [-0.15, -0.1) is 6.58 Å². The minimum atomic E-state index is -0.00659. The van der Waals surface area contributed by atoms with E-state index in [4.69, 9.17) is 5.11 Å². The van der Waals surface area contributed by atoms with Crippen molar-refractivity contribution in [3.05, 3.63) is 12.7 Å². The van der Waals surface area contributed by atoms with Gasteiger partial charge in [0.15, 0.2) is 0 Å². The first-order valence-electron chi connectivity index (χ1n) is 4.96. The molecule has 0 atom stereocenters. The van der Waals surface area contributed by atoms with Crippen LogP contribution in [0.5, 0.6) is 0 Å². The Bertz CT molecular complexity index is 172. The molecule has 4 heteroatoms. The average Bonchev–Trinajstić information content (AvgIpc) is 2.18. The molecule has 82 valence electrons. The lowest BCUT2D eigenvalue weighted by atomic mass is 10.4. The maximum atomic E-state index is 11.5. The Kier molecular flexibility index (Phi) is 8.17. The number of aliphatic hydroxyl groups is 1. The third kappa shape index (κ3) is 5.72. The molecule has 0 aliphatic heterocycles. The van der Waals surface area contributed by atoms with Crippen LogP contribution in [0.25, 0.3) is 0 Å². The zero-order valence-electron chi connectivity index (χ0n) is 8.83. The number of nitrogens with zero attached hydrogens (tertiary/aromatic N) is 1. The molecule has 1 amide bonds. The fourth-order valence-corrected chi connectivity index (χ4v) is 1.08. The summed E-state index contributed by atoms with van der Waals surface area (Å²) in [7, 11) is 0. The van der Waals surface area contributed by atoms with Crippen LogP contribution in [0.15, 0.2) is 12.7 Å². The maximum Gasteiger partial charge on any atom is 0.236 e. The van der Waals surface area contributed by atoms with Crippen LogP contribution in [-0.2, 0) is 4.79 Å². The SMILES string of the molecule is C=CCN(CCO)C(=O)CNCCC. The summed E-state index contributed by atoms with van der Waals surface area (Å²) in [6.45, 7) is 7.65. The first-order chi connectivity index (χ1) is 6.76. The van der Waals surface area contributed by atoms with Crippen molar-refractivity contribution in [2.24, 2.45) is 0 Å². The summed E-state index contributed by atoms with van der Waals surface area (Å²) in [4.78, 5) is 13.1. The van der Waals surface area contributed by atoms with Gasteiger partial charge in [-0.1, -0.05) is 13.0 Å². The van der Waals surface area contributed by atoms with Crippen molar-refractivity contribution in [3.63, 3.8) is 0 Å². The van der Waals surface area contributed by atoms with E-state index >= 15 is 0 Å². The summed E-state index contributed by atoms with van der Waals surface area (Å²) in [5.74, 6) is 0.00685.